The molecule has 2 aromatic heterocycles. The van der Waals surface area contributed by atoms with E-state index in [-0.39, 0.29) is 5.91 Å². The average Bonchev–Trinajstić information content (AvgIpc) is 2.73. The van der Waals surface area contributed by atoms with Gasteiger partial charge in [-0.05, 0) is 43.0 Å². The number of rotatable bonds is 6. The minimum absolute atomic E-state index is 0.252. The zero-order valence-electron chi connectivity index (χ0n) is 15.9. The summed E-state index contributed by atoms with van der Waals surface area (Å²) in [7, 11) is 1.51. The van der Waals surface area contributed by atoms with Crippen LogP contribution in [-0.4, -0.2) is 34.2 Å². The summed E-state index contributed by atoms with van der Waals surface area (Å²) in [4.78, 5) is 25.6. The van der Waals surface area contributed by atoms with E-state index in [1.807, 2.05) is 25.3 Å². The molecule has 2 heterocycles. The number of benzene rings is 1. The number of anilines is 1. The molecule has 3 aromatic rings. The second-order valence-corrected chi connectivity index (χ2v) is 6.79. The molecule has 0 spiro atoms. The molecule has 1 N–H and O–H groups in total. The van der Waals surface area contributed by atoms with Gasteiger partial charge in [0.05, 0.1) is 12.8 Å². The molecule has 7 heteroatoms. The van der Waals surface area contributed by atoms with Gasteiger partial charge in [-0.25, -0.2) is 15.0 Å². The van der Waals surface area contributed by atoms with Crippen molar-refractivity contribution in [3.05, 3.63) is 66.5 Å². The van der Waals surface area contributed by atoms with E-state index < -0.39 is 0 Å². The van der Waals surface area contributed by atoms with E-state index in [1.54, 1.807) is 36.7 Å². The van der Waals surface area contributed by atoms with Gasteiger partial charge in [0.2, 0.25) is 5.88 Å². The second-order valence-electron chi connectivity index (χ2n) is 6.02. The van der Waals surface area contributed by atoms with Crippen molar-refractivity contribution in [2.75, 3.05) is 18.7 Å². The van der Waals surface area contributed by atoms with E-state index in [9.17, 15) is 4.79 Å². The summed E-state index contributed by atoms with van der Waals surface area (Å²) in [6.45, 7) is 5.83. The van der Waals surface area contributed by atoms with Crippen molar-refractivity contribution in [1.29, 1.82) is 0 Å². The number of allylic oxidation sites excluding steroid dienone is 1. The molecule has 0 fully saturated rings. The Morgan fingerprint density at radius 1 is 1.14 bits per heavy atom. The van der Waals surface area contributed by atoms with Gasteiger partial charge in [0.15, 0.2) is 5.16 Å². The minimum Gasteiger partial charge on any atom is -0.480 e. The van der Waals surface area contributed by atoms with Crippen LogP contribution in [0.5, 0.6) is 5.88 Å². The molecule has 3 rings (SSSR count). The lowest BCUT2D eigenvalue weighted by molar-refractivity contribution is 0.102. The highest BCUT2D eigenvalue weighted by atomic mass is 32.2. The molecular formula is C21H20N4O2S. The van der Waals surface area contributed by atoms with Gasteiger partial charge in [-0.3, -0.25) is 4.79 Å². The van der Waals surface area contributed by atoms with Crippen molar-refractivity contribution in [2.24, 2.45) is 0 Å². The van der Waals surface area contributed by atoms with E-state index >= 15 is 0 Å². The van der Waals surface area contributed by atoms with Gasteiger partial charge in [-0.1, -0.05) is 36.0 Å². The van der Waals surface area contributed by atoms with Crippen LogP contribution in [0.15, 0.2) is 60.5 Å². The number of hydrogen-bond donors (Lipinski definition) is 1. The molecule has 0 radical (unpaired) electrons. The Bertz CT molecular complexity index is 1020. The number of ether oxygens (including phenoxy) is 1. The molecule has 0 bridgehead atoms. The molecule has 0 atom stereocenters. The van der Waals surface area contributed by atoms with E-state index in [1.165, 1.54) is 18.9 Å². The van der Waals surface area contributed by atoms with E-state index in [0.717, 1.165) is 22.4 Å². The maximum absolute atomic E-state index is 12.7. The number of amides is 1. The SMILES string of the molecule is C=C(C)c1ccc(C(=O)Nc2cc(-c3ccnc(SC)n3)cnc2OC)cc1. The molecular weight excluding hydrogens is 372 g/mol. The average molecular weight is 392 g/mol. The third-order valence-corrected chi connectivity index (χ3v) is 4.61. The summed E-state index contributed by atoms with van der Waals surface area (Å²) in [6.07, 6.45) is 5.26. The number of carbonyl (C=O) groups is 1. The number of hydrogen-bond acceptors (Lipinski definition) is 6. The highest BCUT2D eigenvalue weighted by molar-refractivity contribution is 7.98. The molecule has 0 saturated heterocycles. The summed E-state index contributed by atoms with van der Waals surface area (Å²) in [5.74, 6) is 0.0767. The summed E-state index contributed by atoms with van der Waals surface area (Å²) in [5, 5.41) is 3.53. The number of aromatic nitrogens is 3. The predicted molar refractivity (Wildman–Crippen MR) is 113 cm³/mol. The normalized spacial score (nSPS) is 10.4. The lowest BCUT2D eigenvalue weighted by atomic mass is 10.1. The molecule has 142 valence electrons. The lowest BCUT2D eigenvalue weighted by Crippen LogP contribution is -2.13. The van der Waals surface area contributed by atoms with Crippen LogP contribution in [0.25, 0.3) is 16.8 Å². The molecule has 1 aromatic carbocycles. The second kappa shape index (κ2) is 8.67. The topological polar surface area (TPSA) is 77.0 Å². The van der Waals surface area contributed by atoms with Gasteiger partial charge < -0.3 is 10.1 Å². The number of nitrogens with one attached hydrogen (secondary N) is 1. The third kappa shape index (κ3) is 4.37. The Balaban J connectivity index is 1.89. The summed E-state index contributed by atoms with van der Waals surface area (Å²) in [6, 6.07) is 10.8. The lowest BCUT2D eigenvalue weighted by Gasteiger charge is -2.11. The van der Waals surface area contributed by atoms with Crippen molar-refractivity contribution >= 4 is 28.9 Å². The summed E-state index contributed by atoms with van der Waals surface area (Å²) < 4.78 is 5.29. The summed E-state index contributed by atoms with van der Waals surface area (Å²) >= 11 is 1.46. The first-order valence-corrected chi connectivity index (χ1v) is 9.73. The predicted octanol–water partition coefficient (Wildman–Crippen LogP) is 4.55. The fourth-order valence-corrected chi connectivity index (χ4v) is 2.90. The maximum atomic E-state index is 12.7. The largest absolute Gasteiger partial charge is 0.480 e. The maximum Gasteiger partial charge on any atom is 0.255 e. The smallest absolute Gasteiger partial charge is 0.255 e. The first kappa shape index (κ1) is 19.6. The van der Waals surface area contributed by atoms with E-state index in [0.29, 0.717) is 22.3 Å². The highest BCUT2D eigenvalue weighted by Gasteiger charge is 2.13. The van der Waals surface area contributed by atoms with Crippen LogP contribution < -0.4 is 10.1 Å². The number of carbonyl (C=O) groups excluding carboxylic acids is 1. The standard InChI is InChI=1S/C21H20N4O2S/c1-13(2)14-5-7-15(8-6-14)19(26)24-18-11-16(12-23-20(18)27-3)17-9-10-22-21(25-17)28-4/h5-12H,1H2,2-4H3,(H,24,26). The van der Waals surface area contributed by atoms with Crippen molar-refractivity contribution in [1.82, 2.24) is 15.0 Å². The minimum atomic E-state index is -0.252. The molecule has 0 saturated carbocycles. The molecule has 28 heavy (non-hydrogen) atoms. The fourth-order valence-electron chi connectivity index (χ4n) is 2.55. The van der Waals surface area contributed by atoms with Crippen molar-refractivity contribution in [3.63, 3.8) is 0 Å². The molecule has 0 aliphatic heterocycles. The first-order chi connectivity index (χ1) is 13.5. The Hall–Kier alpha value is -3.19. The van der Waals surface area contributed by atoms with Crippen LogP contribution in [0, 0.1) is 0 Å². The zero-order chi connectivity index (χ0) is 20.1. The van der Waals surface area contributed by atoms with Gasteiger partial charge in [-0.2, -0.15) is 0 Å². The first-order valence-electron chi connectivity index (χ1n) is 8.50. The molecule has 0 aliphatic carbocycles. The van der Waals surface area contributed by atoms with Gasteiger partial charge in [0, 0.05) is 23.5 Å². The van der Waals surface area contributed by atoms with Gasteiger partial charge in [0.25, 0.3) is 5.91 Å². The van der Waals surface area contributed by atoms with Crippen LogP contribution in [0.4, 0.5) is 5.69 Å². The van der Waals surface area contributed by atoms with Crippen LogP contribution in [0.3, 0.4) is 0 Å². The Labute approximate surface area is 168 Å². The van der Waals surface area contributed by atoms with Crippen LogP contribution in [0.1, 0.15) is 22.8 Å². The third-order valence-electron chi connectivity index (χ3n) is 4.04. The number of pyridine rings is 1. The van der Waals surface area contributed by atoms with Crippen LogP contribution in [-0.2, 0) is 0 Å². The number of methoxy groups -OCH3 is 1. The monoisotopic (exact) mass is 392 g/mol. The van der Waals surface area contributed by atoms with Crippen molar-refractivity contribution in [3.8, 4) is 17.1 Å². The summed E-state index contributed by atoms with van der Waals surface area (Å²) in [5.41, 5.74) is 4.41. The van der Waals surface area contributed by atoms with Gasteiger partial charge in [-0.15, -0.1) is 0 Å². The highest BCUT2D eigenvalue weighted by Crippen LogP contribution is 2.28. The van der Waals surface area contributed by atoms with E-state index in [2.05, 4.69) is 26.8 Å². The van der Waals surface area contributed by atoms with Crippen molar-refractivity contribution < 1.29 is 9.53 Å². The quantitative estimate of drug-likeness (QED) is 0.490. The molecule has 1 amide bonds. The van der Waals surface area contributed by atoms with E-state index in [4.69, 9.17) is 4.74 Å². The Morgan fingerprint density at radius 2 is 1.86 bits per heavy atom. The molecule has 0 unspecified atom stereocenters. The zero-order valence-corrected chi connectivity index (χ0v) is 16.7. The van der Waals surface area contributed by atoms with Gasteiger partial charge >= 0.3 is 0 Å². The van der Waals surface area contributed by atoms with Crippen LogP contribution >= 0.6 is 11.8 Å². The fraction of sp³-hybridized carbons (Fsp3) is 0.143. The Kier molecular flexibility index (Phi) is 6.06. The van der Waals surface area contributed by atoms with Crippen LogP contribution in [0.2, 0.25) is 0 Å². The Morgan fingerprint density at radius 3 is 2.50 bits per heavy atom. The molecule has 0 aliphatic rings. The number of thioether (sulfide) groups is 1. The van der Waals surface area contributed by atoms with Crippen molar-refractivity contribution in [2.45, 2.75) is 12.1 Å². The van der Waals surface area contributed by atoms with Gasteiger partial charge in [0.1, 0.15) is 5.69 Å². The molecule has 6 nitrogen and oxygen atoms in total. The number of nitrogens with zero attached hydrogens (tertiary/aromatic N) is 3.